The van der Waals surface area contributed by atoms with Gasteiger partial charge >= 0.3 is 0 Å². The Morgan fingerprint density at radius 3 is 2.70 bits per heavy atom. The van der Waals surface area contributed by atoms with Crippen LogP contribution in [0.4, 0.5) is 0 Å². The highest BCUT2D eigenvalue weighted by atomic mass is 32.2. The van der Waals surface area contributed by atoms with E-state index in [4.69, 9.17) is 5.73 Å². The Labute approximate surface area is 125 Å². The monoisotopic (exact) mass is 299 g/mol. The van der Waals surface area contributed by atoms with Crippen molar-refractivity contribution in [1.82, 2.24) is 9.80 Å². The van der Waals surface area contributed by atoms with E-state index in [1.54, 1.807) is 16.7 Å². The van der Waals surface area contributed by atoms with Gasteiger partial charge in [-0.3, -0.25) is 9.59 Å². The highest BCUT2D eigenvalue weighted by Gasteiger charge is 2.41. The van der Waals surface area contributed by atoms with Crippen molar-refractivity contribution in [3.05, 3.63) is 0 Å². The minimum absolute atomic E-state index is 0.0563. The summed E-state index contributed by atoms with van der Waals surface area (Å²) in [7, 11) is 0. The molecule has 2 fully saturated rings. The summed E-state index contributed by atoms with van der Waals surface area (Å²) >= 11 is 1.66. The molecule has 2 unspecified atom stereocenters. The molecule has 114 valence electrons. The zero-order valence-corrected chi connectivity index (χ0v) is 13.4. The highest BCUT2D eigenvalue weighted by molar-refractivity contribution is 7.99. The quantitative estimate of drug-likeness (QED) is 0.822. The number of thioether (sulfide) groups is 1. The SMILES string of the molecule is CCC(=O)N1CSCC1C(=O)N1CCC(N)C(C)(C)C1. The second-order valence-corrected chi connectivity index (χ2v) is 7.38. The summed E-state index contributed by atoms with van der Waals surface area (Å²) in [6.07, 6.45) is 1.29. The summed E-state index contributed by atoms with van der Waals surface area (Å²) in [5.74, 6) is 1.52. The number of amides is 2. The van der Waals surface area contributed by atoms with Gasteiger partial charge in [-0.1, -0.05) is 20.8 Å². The van der Waals surface area contributed by atoms with Gasteiger partial charge < -0.3 is 15.5 Å². The lowest BCUT2D eigenvalue weighted by Crippen LogP contribution is -2.58. The van der Waals surface area contributed by atoms with Crippen LogP contribution in [0.5, 0.6) is 0 Å². The number of carbonyl (C=O) groups excluding carboxylic acids is 2. The van der Waals surface area contributed by atoms with Crippen LogP contribution in [0.15, 0.2) is 0 Å². The van der Waals surface area contributed by atoms with Crippen LogP contribution in [0.2, 0.25) is 0 Å². The maximum Gasteiger partial charge on any atom is 0.246 e. The lowest BCUT2D eigenvalue weighted by atomic mass is 9.79. The van der Waals surface area contributed by atoms with Gasteiger partial charge in [0.2, 0.25) is 11.8 Å². The Morgan fingerprint density at radius 1 is 1.40 bits per heavy atom. The predicted octanol–water partition coefficient (Wildman–Crippen LogP) is 0.884. The Bertz CT molecular complexity index is 400. The van der Waals surface area contributed by atoms with Crippen LogP contribution in [0, 0.1) is 5.41 Å². The van der Waals surface area contributed by atoms with Crippen LogP contribution in [0.1, 0.15) is 33.6 Å². The smallest absolute Gasteiger partial charge is 0.246 e. The van der Waals surface area contributed by atoms with E-state index in [1.807, 2.05) is 11.8 Å². The van der Waals surface area contributed by atoms with Gasteiger partial charge in [0.15, 0.2) is 0 Å². The zero-order chi connectivity index (χ0) is 14.9. The largest absolute Gasteiger partial charge is 0.340 e. The fourth-order valence-corrected chi connectivity index (χ4v) is 4.04. The summed E-state index contributed by atoms with van der Waals surface area (Å²) in [5, 5.41) is 0. The highest BCUT2D eigenvalue weighted by Crippen LogP contribution is 2.30. The molecular weight excluding hydrogens is 274 g/mol. The molecule has 0 aliphatic carbocycles. The number of hydrogen-bond acceptors (Lipinski definition) is 4. The zero-order valence-electron chi connectivity index (χ0n) is 12.6. The molecule has 0 aromatic rings. The van der Waals surface area contributed by atoms with Gasteiger partial charge in [0, 0.05) is 31.3 Å². The average molecular weight is 299 g/mol. The van der Waals surface area contributed by atoms with Crippen molar-refractivity contribution in [1.29, 1.82) is 0 Å². The Kier molecular flexibility index (Phi) is 4.64. The number of nitrogens with two attached hydrogens (primary N) is 1. The molecule has 0 spiro atoms. The lowest BCUT2D eigenvalue weighted by Gasteiger charge is -2.43. The first kappa shape index (κ1) is 15.6. The van der Waals surface area contributed by atoms with E-state index in [9.17, 15) is 9.59 Å². The van der Waals surface area contributed by atoms with Crippen molar-refractivity contribution >= 4 is 23.6 Å². The van der Waals surface area contributed by atoms with E-state index >= 15 is 0 Å². The summed E-state index contributed by atoms with van der Waals surface area (Å²) in [5.41, 5.74) is 6.06. The van der Waals surface area contributed by atoms with Crippen LogP contribution in [0.3, 0.4) is 0 Å². The molecule has 0 saturated carbocycles. The van der Waals surface area contributed by atoms with Gasteiger partial charge in [0.05, 0.1) is 5.88 Å². The molecule has 20 heavy (non-hydrogen) atoms. The van der Waals surface area contributed by atoms with Crippen LogP contribution in [-0.4, -0.2) is 58.4 Å². The third kappa shape index (κ3) is 2.96. The molecule has 2 saturated heterocycles. The van der Waals surface area contributed by atoms with E-state index in [0.717, 1.165) is 6.42 Å². The topological polar surface area (TPSA) is 66.6 Å². The van der Waals surface area contributed by atoms with E-state index < -0.39 is 0 Å². The fourth-order valence-electron chi connectivity index (χ4n) is 2.87. The van der Waals surface area contributed by atoms with Gasteiger partial charge in [-0.25, -0.2) is 0 Å². The number of likely N-dealkylation sites (tertiary alicyclic amines) is 1. The lowest BCUT2D eigenvalue weighted by molar-refractivity contribution is -0.145. The van der Waals surface area contributed by atoms with Crippen molar-refractivity contribution in [2.75, 3.05) is 24.7 Å². The molecule has 2 heterocycles. The molecule has 2 amide bonds. The van der Waals surface area contributed by atoms with E-state index in [2.05, 4.69) is 13.8 Å². The molecule has 2 N–H and O–H groups in total. The predicted molar refractivity (Wildman–Crippen MR) is 81.2 cm³/mol. The molecule has 2 atom stereocenters. The number of piperidine rings is 1. The second-order valence-electron chi connectivity index (χ2n) is 6.38. The number of rotatable bonds is 2. The van der Waals surface area contributed by atoms with E-state index in [0.29, 0.717) is 31.1 Å². The molecule has 6 heteroatoms. The third-order valence-corrected chi connectivity index (χ3v) is 5.43. The first-order chi connectivity index (χ1) is 9.36. The van der Waals surface area contributed by atoms with Gasteiger partial charge in [0.1, 0.15) is 6.04 Å². The summed E-state index contributed by atoms with van der Waals surface area (Å²) in [6, 6.07) is -0.143. The van der Waals surface area contributed by atoms with Crippen molar-refractivity contribution in [2.24, 2.45) is 11.1 Å². The third-order valence-electron chi connectivity index (χ3n) is 4.41. The van der Waals surface area contributed by atoms with E-state index in [1.165, 1.54) is 0 Å². The van der Waals surface area contributed by atoms with Gasteiger partial charge in [-0.15, -0.1) is 11.8 Å². The van der Waals surface area contributed by atoms with Crippen molar-refractivity contribution in [3.63, 3.8) is 0 Å². The van der Waals surface area contributed by atoms with Crippen molar-refractivity contribution in [3.8, 4) is 0 Å². The molecule has 0 aromatic carbocycles. The molecule has 2 aliphatic heterocycles. The van der Waals surface area contributed by atoms with E-state index in [-0.39, 0.29) is 29.3 Å². The standard InChI is InChI=1S/C14H25N3O2S/c1-4-12(18)17-9-20-7-10(17)13(19)16-6-5-11(15)14(2,3)8-16/h10-11H,4-9,15H2,1-3H3. The molecule has 0 radical (unpaired) electrons. The van der Waals surface area contributed by atoms with Gasteiger partial charge in [-0.05, 0) is 11.8 Å². The maximum atomic E-state index is 12.7. The molecule has 2 aliphatic rings. The molecule has 0 aromatic heterocycles. The molecule has 0 bridgehead atoms. The maximum absolute atomic E-state index is 12.7. The second kappa shape index (κ2) is 5.93. The minimum Gasteiger partial charge on any atom is -0.340 e. The normalized spacial score (nSPS) is 29.6. The molecule has 2 rings (SSSR count). The van der Waals surface area contributed by atoms with Crippen LogP contribution in [0.25, 0.3) is 0 Å². The number of nitrogens with zero attached hydrogens (tertiary/aromatic N) is 2. The Hall–Kier alpha value is -0.750. The minimum atomic E-state index is -0.280. The first-order valence-corrected chi connectivity index (χ1v) is 8.44. The summed E-state index contributed by atoms with van der Waals surface area (Å²) in [6.45, 7) is 7.45. The molecular formula is C14H25N3O2S. The first-order valence-electron chi connectivity index (χ1n) is 7.28. The average Bonchev–Trinajstić information content (AvgIpc) is 2.89. The van der Waals surface area contributed by atoms with Crippen LogP contribution in [-0.2, 0) is 9.59 Å². The van der Waals surface area contributed by atoms with Gasteiger partial charge in [-0.2, -0.15) is 0 Å². The van der Waals surface area contributed by atoms with Crippen molar-refractivity contribution < 1.29 is 9.59 Å². The number of hydrogen-bond donors (Lipinski definition) is 1. The Balaban J connectivity index is 2.06. The summed E-state index contributed by atoms with van der Waals surface area (Å²) < 4.78 is 0. The summed E-state index contributed by atoms with van der Waals surface area (Å²) in [4.78, 5) is 28.2. The molecule has 5 nitrogen and oxygen atoms in total. The van der Waals surface area contributed by atoms with Crippen LogP contribution >= 0.6 is 11.8 Å². The fraction of sp³-hybridized carbons (Fsp3) is 0.857. The van der Waals surface area contributed by atoms with Crippen molar-refractivity contribution in [2.45, 2.75) is 45.7 Å². The number of carbonyl (C=O) groups is 2. The Morgan fingerprint density at radius 2 is 2.10 bits per heavy atom. The van der Waals surface area contributed by atoms with Gasteiger partial charge in [0.25, 0.3) is 0 Å². The van der Waals surface area contributed by atoms with Crippen LogP contribution < -0.4 is 5.73 Å².